The van der Waals surface area contributed by atoms with Crippen LogP contribution in [0.2, 0.25) is 0 Å². The summed E-state index contributed by atoms with van der Waals surface area (Å²) in [6, 6.07) is 10.9. The lowest BCUT2D eigenvalue weighted by Crippen LogP contribution is -2.48. The highest BCUT2D eigenvalue weighted by Gasteiger charge is 2.25. The molecule has 0 radical (unpaired) electrons. The van der Waals surface area contributed by atoms with E-state index in [0.29, 0.717) is 12.6 Å². The number of hydrogen-bond donors (Lipinski definition) is 1. The van der Waals surface area contributed by atoms with Crippen molar-refractivity contribution in [1.29, 1.82) is 0 Å². The summed E-state index contributed by atoms with van der Waals surface area (Å²) in [4.78, 5) is 16.7. The molecule has 25 heavy (non-hydrogen) atoms. The maximum Gasteiger partial charge on any atom is 0.317 e. The molecule has 1 aromatic carbocycles. The van der Waals surface area contributed by atoms with Crippen LogP contribution in [0.15, 0.2) is 36.5 Å². The van der Waals surface area contributed by atoms with Crippen molar-refractivity contribution in [2.75, 3.05) is 25.0 Å². The van der Waals surface area contributed by atoms with Gasteiger partial charge in [-0.15, -0.1) is 0 Å². The van der Waals surface area contributed by atoms with E-state index >= 15 is 0 Å². The molecule has 0 unspecified atom stereocenters. The van der Waals surface area contributed by atoms with Crippen LogP contribution in [-0.2, 0) is 13.6 Å². The van der Waals surface area contributed by atoms with Crippen LogP contribution in [0.1, 0.15) is 24.1 Å². The van der Waals surface area contributed by atoms with Crippen LogP contribution in [-0.4, -0.2) is 46.9 Å². The fourth-order valence-electron chi connectivity index (χ4n) is 3.33. The minimum atomic E-state index is 0.0177. The third-order valence-corrected chi connectivity index (χ3v) is 5.23. The molecular formula is C19H27N5O. The lowest BCUT2D eigenvalue weighted by atomic mass is 10.0. The van der Waals surface area contributed by atoms with Gasteiger partial charge in [0.2, 0.25) is 0 Å². The first-order valence-electron chi connectivity index (χ1n) is 8.84. The molecule has 0 bridgehead atoms. The largest absolute Gasteiger partial charge is 0.371 e. The van der Waals surface area contributed by atoms with Crippen molar-refractivity contribution >= 4 is 11.7 Å². The second-order valence-corrected chi connectivity index (χ2v) is 6.70. The summed E-state index contributed by atoms with van der Waals surface area (Å²) in [5, 5.41) is 7.23. The summed E-state index contributed by atoms with van der Waals surface area (Å²) in [6.45, 7) is 4.13. The van der Waals surface area contributed by atoms with Gasteiger partial charge in [-0.05, 0) is 31.9 Å². The third kappa shape index (κ3) is 3.95. The SMILES string of the molecule is Cc1c(CNC(=O)N2CCC(N(C)c3ccccc3)CC2)cnn1C. The summed E-state index contributed by atoms with van der Waals surface area (Å²) < 4.78 is 1.83. The van der Waals surface area contributed by atoms with Gasteiger partial charge < -0.3 is 15.1 Å². The molecule has 0 atom stereocenters. The zero-order chi connectivity index (χ0) is 17.8. The smallest absolute Gasteiger partial charge is 0.317 e. The number of amides is 2. The molecule has 6 heteroatoms. The molecule has 1 fully saturated rings. The molecule has 2 heterocycles. The molecule has 6 nitrogen and oxygen atoms in total. The summed E-state index contributed by atoms with van der Waals surface area (Å²) in [5.74, 6) is 0. The highest BCUT2D eigenvalue weighted by Crippen LogP contribution is 2.21. The van der Waals surface area contributed by atoms with Crippen molar-refractivity contribution in [1.82, 2.24) is 20.0 Å². The standard InChI is InChI=1S/C19H27N5O/c1-15-16(14-21-23(15)3)13-20-19(25)24-11-9-18(10-12-24)22(2)17-7-5-4-6-8-17/h4-8,14,18H,9-13H2,1-3H3,(H,20,25). The van der Waals surface area contributed by atoms with Gasteiger partial charge in [-0.25, -0.2) is 4.79 Å². The minimum absolute atomic E-state index is 0.0177. The maximum atomic E-state index is 12.4. The van der Waals surface area contributed by atoms with Gasteiger partial charge in [0.05, 0.1) is 6.20 Å². The zero-order valence-electron chi connectivity index (χ0n) is 15.3. The highest BCUT2D eigenvalue weighted by molar-refractivity contribution is 5.74. The quantitative estimate of drug-likeness (QED) is 0.930. The molecule has 1 N–H and O–H groups in total. The summed E-state index contributed by atoms with van der Waals surface area (Å²) in [7, 11) is 4.05. The maximum absolute atomic E-state index is 12.4. The van der Waals surface area contributed by atoms with Crippen LogP contribution < -0.4 is 10.2 Å². The molecule has 2 amide bonds. The Morgan fingerprint density at radius 3 is 2.56 bits per heavy atom. The Bertz CT molecular complexity index is 704. The average Bonchev–Trinajstić information content (AvgIpc) is 2.98. The van der Waals surface area contributed by atoms with Gasteiger partial charge in [-0.3, -0.25) is 4.68 Å². The van der Waals surface area contributed by atoms with Crippen LogP contribution in [0, 0.1) is 6.92 Å². The van der Waals surface area contributed by atoms with Crippen molar-refractivity contribution < 1.29 is 4.79 Å². The van der Waals surface area contributed by atoms with Gasteiger partial charge in [0.25, 0.3) is 0 Å². The van der Waals surface area contributed by atoms with Gasteiger partial charge in [0, 0.05) is 56.7 Å². The predicted octanol–water partition coefficient (Wildman–Crippen LogP) is 2.54. The third-order valence-electron chi connectivity index (χ3n) is 5.23. The van der Waals surface area contributed by atoms with Crippen molar-refractivity contribution in [3.8, 4) is 0 Å². The lowest BCUT2D eigenvalue weighted by molar-refractivity contribution is 0.180. The van der Waals surface area contributed by atoms with E-state index in [4.69, 9.17) is 0 Å². The number of para-hydroxylation sites is 1. The molecule has 0 aliphatic carbocycles. The Morgan fingerprint density at radius 1 is 1.28 bits per heavy atom. The number of nitrogens with zero attached hydrogens (tertiary/aromatic N) is 4. The van der Waals surface area contributed by atoms with E-state index in [9.17, 15) is 4.79 Å². The van der Waals surface area contributed by atoms with Crippen molar-refractivity contribution in [3.63, 3.8) is 0 Å². The van der Waals surface area contributed by atoms with Crippen molar-refractivity contribution in [3.05, 3.63) is 47.8 Å². The fraction of sp³-hybridized carbons (Fsp3) is 0.474. The number of carbonyl (C=O) groups excluding carboxylic acids is 1. The molecule has 0 saturated carbocycles. The number of carbonyl (C=O) groups is 1. The zero-order valence-corrected chi connectivity index (χ0v) is 15.3. The average molecular weight is 341 g/mol. The van der Waals surface area contributed by atoms with E-state index in [1.165, 1.54) is 5.69 Å². The monoisotopic (exact) mass is 341 g/mol. The molecule has 2 aromatic rings. The van der Waals surface area contributed by atoms with E-state index in [0.717, 1.165) is 37.2 Å². The predicted molar refractivity (Wildman–Crippen MR) is 99.6 cm³/mol. The molecule has 134 valence electrons. The van der Waals surface area contributed by atoms with Crippen LogP contribution in [0.25, 0.3) is 0 Å². The number of likely N-dealkylation sites (tertiary alicyclic amines) is 1. The van der Waals surface area contributed by atoms with E-state index in [-0.39, 0.29) is 6.03 Å². The number of urea groups is 1. The number of hydrogen-bond acceptors (Lipinski definition) is 3. The van der Waals surface area contributed by atoms with Gasteiger partial charge >= 0.3 is 6.03 Å². The van der Waals surface area contributed by atoms with Gasteiger partial charge in [0.15, 0.2) is 0 Å². The van der Waals surface area contributed by atoms with Gasteiger partial charge in [-0.1, -0.05) is 18.2 Å². The molecule has 1 aliphatic heterocycles. The lowest BCUT2D eigenvalue weighted by Gasteiger charge is -2.37. The van der Waals surface area contributed by atoms with E-state index in [1.54, 1.807) is 0 Å². The molecule has 3 rings (SSSR count). The molecule has 1 aliphatic rings. The van der Waals surface area contributed by atoms with E-state index in [1.807, 2.05) is 35.8 Å². The van der Waals surface area contributed by atoms with E-state index in [2.05, 4.69) is 46.6 Å². The van der Waals surface area contributed by atoms with Crippen LogP contribution in [0.5, 0.6) is 0 Å². The number of benzene rings is 1. The van der Waals surface area contributed by atoms with Crippen molar-refractivity contribution in [2.24, 2.45) is 7.05 Å². The first-order valence-corrected chi connectivity index (χ1v) is 8.84. The number of aromatic nitrogens is 2. The topological polar surface area (TPSA) is 53.4 Å². The fourth-order valence-corrected chi connectivity index (χ4v) is 3.33. The molecule has 1 saturated heterocycles. The highest BCUT2D eigenvalue weighted by atomic mass is 16.2. The van der Waals surface area contributed by atoms with Crippen LogP contribution >= 0.6 is 0 Å². The molecule has 0 spiro atoms. The first kappa shape index (κ1) is 17.3. The number of anilines is 1. The van der Waals surface area contributed by atoms with Crippen LogP contribution in [0.3, 0.4) is 0 Å². The molecule has 1 aromatic heterocycles. The molecular weight excluding hydrogens is 314 g/mol. The first-order chi connectivity index (χ1) is 12.1. The minimum Gasteiger partial charge on any atom is -0.371 e. The number of aryl methyl sites for hydroxylation is 1. The summed E-state index contributed by atoms with van der Waals surface area (Å²) in [5.41, 5.74) is 3.38. The Balaban J connectivity index is 1.48. The number of piperidine rings is 1. The van der Waals surface area contributed by atoms with Crippen molar-refractivity contribution in [2.45, 2.75) is 32.4 Å². The number of rotatable bonds is 4. The Morgan fingerprint density at radius 2 is 1.96 bits per heavy atom. The second-order valence-electron chi connectivity index (χ2n) is 6.70. The second kappa shape index (κ2) is 7.59. The number of nitrogens with one attached hydrogen (secondary N) is 1. The van der Waals surface area contributed by atoms with Gasteiger partial charge in [-0.2, -0.15) is 5.10 Å². The summed E-state index contributed by atoms with van der Waals surface area (Å²) >= 11 is 0. The Hall–Kier alpha value is -2.50. The normalized spacial score (nSPS) is 15.2. The van der Waals surface area contributed by atoms with Crippen LogP contribution in [0.4, 0.5) is 10.5 Å². The summed E-state index contributed by atoms with van der Waals surface area (Å²) in [6.07, 6.45) is 3.80. The Labute approximate surface area is 149 Å². The van der Waals surface area contributed by atoms with E-state index < -0.39 is 0 Å². The Kier molecular flexibility index (Phi) is 5.26. The van der Waals surface area contributed by atoms with Gasteiger partial charge in [0.1, 0.15) is 0 Å².